The Morgan fingerprint density at radius 2 is 2.15 bits per heavy atom. The molecule has 0 aliphatic carbocycles. The summed E-state index contributed by atoms with van der Waals surface area (Å²) in [7, 11) is 0. The molecule has 8 heteroatoms. The van der Waals surface area contributed by atoms with Crippen molar-refractivity contribution in [1.82, 2.24) is 10.2 Å². The van der Waals surface area contributed by atoms with Crippen molar-refractivity contribution < 1.29 is 9.59 Å². The highest BCUT2D eigenvalue weighted by Crippen LogP contribution is 2.31. The average molecular weight is 405 g/mol. The molecule has 1 fully saturated rings. The van der Waals surface area contributed by atoms with Crippen molar-refractivity contribution >= 4 is 45.7 Å². The van der Waals surface area contributed by atoms with Crippen LogP contribution in [0, 0.1) is 19.8 Å². The number of aryl methyl sites for hydroxylation is 2. The lowest BCUT2D eigenvalue weighted by Gasteiger charge is -2.17. The molecule has 144 valence electrons. The highest BCUT2D eigenvalue weighted by atomic mass is 32.2. The third-order valence-electron chi connectivity index (χ3n) is 4.81. The van der Waals surface area contributed by atoms with E-state index >= 15 is 0 Å². The molecule has 1 aromatic carbocycles. The second-order valence-corrected chi connectivity index (χ2v) is 9.54. The summed E-state index contributed by atoms with van der Waals surface area (Å²) < 4.78 is 0.846. The first-order valence-corrected chi connectivity index (χ1v) is 10.8. The van der Waals surface area contributed by atoms with Gasteiger partial charge >= 0.3 is 0 Å². The first kappa shape index (κ1) is 19.8. The minimum Gasteiger partial charge on any atom is -0.312 e. The Bertz CT molecular complexity index is 852. The first-order valence-electron chi connectivity index (χ1n) is 9.06. The van der Waals surface area contributed by atoms with E-state index in [1.54, 1.807) is 16.7 Å². The lowest BCUT2D eigenvalue weighted by atomic mass is 10.1. The molecule has 2 amide bonds. The van der Waals surface area contributed by atoms with Crippen LogP contribution in [0.15, 0.2) is 22.5 Å². The van der Waals surface area contributed by atoms with Crippen LogP contribution in [0.3, 0.4) is 0 Å². The molecule has 2 aromatic rings. The molecule has 2 atom stereocenters. The Hall–Kier alpha value is -1.93. The van der Waals surface area contributed by atoms with Gasteiger partial charge in [-0.05, 0) is 43.5 Å². The van der Waals surface area contributed by atoms with Crippen LogP contribution >= 0.6 is 23.1 Å². The van der Waals surface area contributed by atoms with Gasteiger partial charge in [-0.2, -0.15) is 0 Å². The number of amides is 2. The zero-order valence-corrected chi connectivity index (χ0v) is 17.6. The van der Waals surface area contributed by atoms with Gasteiger partial charge < -0.3 is 10.2 Å². The van der Waals surface area contributed by atoms with Crippen LogP contribution in [0.1, 0.15) is 37.8 Å². The zero-order valence-electron chi connectivity index (χ0n) is 16.0. The molecule has 1 aromatic heterocycles. The van der Waals surface area contributed by atoms with Crippen LogP contribution in [0.4, 0.5) is 10.8 Å². The standard InChI is InChI=1S/C19H24N4O2S2/c1-5-13(4)26-19-22-21-18(27-19)20-17(25)14-9-16(24)23(10-14)15-7-6-11(2)12(3)8-15/h6-8,13-14H,5,9-10H2,1-4H3,(H,20,21,25)/t13-,14-/m0/s1. The highest BCUT2D eigenvalue weighted by molar-refractivity contribution is 8.01. The Morgan fingerprint density at radius 3 is 2.85 bits per heavy atom. The number of rotatable bonds is 6. The number of benzene rings is 1. The normalized spacial score (nSPS) is 18.0. The Morgan fingerprint density at radius 1 is 1.37 bits per heavy atom. The van der Waals surface area contributed by atoms with E-state index in [9.17, 15) is 9.59 Å². The summed E-state index contributed by atoms with van der Waals surface area (Å²) in [5.74, 6) is -0.580. The number of nitrogens with one attached hydrogen (secondary N) is 1. The molecule has 1 saturated heterocycles. The maximum absolute atomic E-state index is 12.6. The van der Waals surface area contributed by atoms with Gasteiger partial charge in [0.05, 0.1) is 5.92 Å². The molecule has 1 aliphatic rings. The van der Waals surface area contributed by atoms with Gasteiger partial charge in [0.15, 0.2) is 4.34 Å². The third kappa shape index (κ3) is 4.68. The number of carbonyl (C=O) groups excluding carboxylic acids is 2. The Kier molecular flexibility index (Phi) is 6.16. The van der Waals surface area contributed by atoms with E-state index in [1.807, 2.05) is 32.0 Å². The summed E-state index contributed by atoms with van der Waals surface area (Å²) in [4.78, 5) is 26.7. The van der Waals surface area contributed by atoms with Crippen LogP contribution in [-0.4, -0.2) is 33.8 Å². The Labute approximate surface area is 167 Å². The lowest BCUT2D eigenvalue weighted by molar-refractivity contribution is -0.122. The summed E-state index contributed by atoms with van der Waals surface area (Å²) in [6, 6.07) is 5.93. The van der Waals surface area contributed by atoms with Gasteiger partial charge in [0.1, 0.15) is 0 Å². The molecule has 0 bridgehead atoms. The van der Waals surface area contributed by atoms with E-state index in [0.717, 1.165) is 22.0 Å². The minimum absolute atomic E-state index is 0.0244. The quantitative estimate of drug-likeness (QED) is 0.581. The summed E-state index contributed by atoms with van der Waals surface area (Å²) in [6.07, 6.45) is 1.26. The van der Waals surface area contributed by atoms with Crippen molar-refractivity contribution in [2.45, 2.75) is 50.1 Å². The van der Waals surface area contributed by atoms with E-state index in [4.69, 9.17) is 0 Å². The van der Waals surface area contributed by atoms with Crippen LogP contribution in [0.25, 0.3) is 0 Å². The van der Waals surface area contributed by atoms with Gasteiger partial charge in [-0.25, -0.2) is 0 Å². The number of aromatic nitrogens is 2. The molecule has 27 heavy (non-hydrogen) atoms. The zero-order chi connectivity index (χ0) is 19.6. The fraction of sp³-hybridized carbons (Fsp3) is 0.474. The smallest absolute Gasteiger partial charge is 0.231 e. The van der Waals surface area contributed by atoms with Crippen LogP contribution in [-0.2, 0) is 9.59 Å². The van der Waals surface area contributed by atoms with Gasteiger partial charge in [0.25, 0.3) is 0 Å². The third-order valence-corrected chi connectivity index (χ3v) is 7.00. The maximum Gasteiger partial charge on any atom is 0.231 e. The van der Waals surface area contributed by atoms with Crippen molar-refractivity contribution in [1.29, 1.82) is 0 Å². The molecule has 2 heterocycles. The maximum atomic E-state index is 12.6. The number of thioether (sulfide) groups is 1. The van der Waals surface area contributed by atoms with Gasteiger partial charge in [0.2, 0.25) is 16.9 Å². The molecular weight excluding hydrogens is 380 g/mol. The summed E-state index contributed by atoms with van der Waals surface area (Å²) >= 11 is 3.03. The molecule has 0 saturated carbocycles. The van der Waals surface area contributed by atoms with Crippen molar-refractivity contribution in [3.05, 3.63) is 29.3 Å². The number of anilines is 2. The van der Waals surface area contributed by atoms with Crippen LogP contribution in [0.2, 0.25) is 0 Å². The molecule has 1 aliphatic heterocycles. The van der Waals surface area contributed by atoms with Crippen molar-refractivity contribution in [3.63, 3.8) is 0 Å². The van der Waals surface area contributed by atoms with Gasteiger partial charge in [0, 0.05) is 23.9 Å². The molecular formula is C19H24N4O2S2. The minimum atomic E-state index is -0.381. The second-order valence-electron chi connectivity index (χ2n) is 6.87. The summed E-state index contributed by atoms with van der Waals surface area (Å²) in [6.45, 7) is 8.71. The molecule has 0 unspecified atom stereocenters. The Balaban J connectivity index is 1.63. The largest absolute Gasteiger partial charge is 0.312 e. The first-order chi connectivity index (χ1) is 12.9. The fourth-order valence-corrected chi connectivity index (χ4v) is 4.80. The van der Waals surface area contributed by atoms with Gasteiger partial charge in [-0.3, -0.25) is 9.59 Å². The van der Waals surface area contributed by atoms with E-state index < -0.39 is 0 Å². The molecule has 1 N–H and O–H groups in total. The SMILES string of the molecule is CC[C@H](C)Sc1nnc(NC(=O)[C@H]2CC(=O)N(c3ccc(C)c(C)c3)C2)s1. The lowest BCUT2D eigenvalue weighted by Crippen LogP contribution is -2.28. The van der Waals surface area contributed by atoms with Gasteiger partial charge in [-0.1, -0.05) is 43.0 Å². The summed E-state index contributed by atoms with van der Waals surface area (Å²) in [5, 5.41) is 11.9. The number of hydrogen-bond donors (Lipinski definition) is 1. The molecule has 3 rings (SSSR count). The van der Waals surface area contributed by atoms with E-state index in [2.05, 4.69) is 29.4 Å². The van der Waals surface area contributed by atoms with Crippen molar-refractivity contribution in [3.8, 4) is 0 Å². The molecule has 0 radical (unpaired) electrons. The molecule has 6 nitrogen and oxygen atoms in total. The topological polar surface area (TPSA) is 75.2 Å². The number of nitrogens with zero attached hydrogens (tertiary/aromatic N) is 3. The monoisotopic (exact) mass is 404 g/mol. The predicted octanol–water partition coefficient (Wildman–Crippen LogP) is 4.04. The number of hydrogen-bond acceptors (Lipinski definition) is 6. The van der Waals surface area contributed by atoms with Crippen molar-refractivity contribution in [2.24, 2.45) is 5.92 Å². The van der Waals surface area contributed by atoms with Crippen LogP contribution in [0.5, 0.6) is 0 Å². The summed E-state index contributed by atoms with van der Waals surface area (Å²) in [5.41, 5.74) is 3.16. The average Bonchev–Trinajstić information content (AvgIpc) is 3.23. The number of carbonyl (C=O) groups is 2. The fourth-order valence-electron chi connectivity index (χ4n) is 2.80. The van der Waals surface area contributed by atoms with Crippen molar-refractivity contribution in [2.75, 3.05) is 16.8 Å². The van der Waals surface area contributed by atoms with E-state index in [1.165, 1.54) is 16.9 Å². The second kappa shape index (κ2) is 8.39. The van der Waals surface area contributed by atoms with E-state index in [0.29, 0.717) is 16.9 Å². The van der Waals surface area contributed by atoms with E-state index in [-0.39, 0.29) is 24.2 Å². The highest BCUT2D eigenvalue weighted by Gasteiger charge is 2.35. The molecule has 0 spiro atoms. The van der Waals surface area contributed by atoms with Crippen LogP contribution < -0.4 is 10.2 Å². The van der Waals surface area contributed by atoms with Gasteiger partial charge in [-0.15, -0.1) is 10.2 Å². The predicted molar refractivity (Wildman–Crippen MR) is 111 cm³/mol.